The molecule has 0 atom stereocenters. The molecule has 0 aliphatic rings. The Kier molecular flexibility index (Phi) is 5.79. The number of fused-ring (bicyclic) bond motifs is 1. The van der Waals surface area contributed by atoms with Crippen molar-refractivity contribution in [3.05, 3.63) is 59.9 Å². The predicted octanol–water partition coefficient (Wildman–Crippen LogP) is 4.34. The normalized spacial score (nSPS) is 10.7. The first kappa shape index (κ1) is 17.9. The molecule has 0 aliphatic heterocycles. The van der Waals surface area contributed by atoms with E-state index < -0.39 is 0 Å². The van der Waals surface area contributed by atoms with Gasteiger partial charge in [0.1, 0.15) is 5.75 Å². The van der Waals surface area contributed by atoms with Gasteiger partial charge in [-0.05, 0) is 44.0 Å². The number of benzene rings is 2. The van der Waals surface area contributed by atoms with E-state index in [9.17, 15) is 4.79 Å². The highest BCUT2D eigenvalue weighted by Gasteiger charge is 2.14. The van der Waals surface area contributed by atoms with E-state index >= 15 is 0 Å². The monoisotopic (exact) mass is 353 g/mol. The van der Waals surface area contributed by atoms with Gasteiger partial charge < -0.3 is 19.2 Å². The number of carbonyl (C=O) groups is 1. The summed E-state index contributed by atoms with van der Waals surface area (Å²) in [6, 6.07) is 15.3. The third kappa shape index (κ3) is 4.36. The molecule has 0 saturated carbocycles. The number of rotatable bonds is 8. The minimum absolute atomic E-state index is 0.220. The zero-order valence-corrected chi connectivity index (χ0v) is 15.1. The number of amides is 1. The lowest BCUT2D eigenvalue weighted by molar-refractivity contribution is 0.0926. The summed E-state index contributed by atoms with van der Waals surface area (Å²) in [7, 11) is 1.58. The molecule has 5 nitrogen and oxygen atoms in total. The number of carbonyl (C=O) groups excluding carboxylic acids is 1. The first-order valence-corrected chi connectivity index (χ1v) is 8.71. The second kappa shape index (κ2) is 8.43. The summed E-state index contributed by atoms with van der Waals surface area (Å²) in [6.07, 6.45) is 1.70. The first-order chi connectivity index (χ1) is 12.7. The molecule has 136 valence electrons. The molecule has 1 amide bonds. The van der Waals surface area contributed by atoms with Crippen LogP contribution in [-0.2, 0) is 0 Å². The molecule has 3 aromatic rings. The number of aryl methyl sites for hydroxylation is 1. The number of para-hydroxylation sites is 1. The molecular weight excluding hydrogens is 330 g/mol. The minimum atomic E-state index is -0.220. The van der Waals surface area contributed by atoms with E-state index in [2.05, 4.69) is 5.32 Å². The highest BCUT2D eigenvalue weighted by molar-refractivity contribution is 5.97. The van der Waals surface area contributed by atoms with Crippen LogP contribution < -0.4 is 14.8 Å². The van der Waals surface area contributed by atoms with E-state index in [1.165, 1.54) is 5.56 Å². The van der Waals surface area contributed by atoms with Crippen LogP contribution in [0.25, 0.3) is 11.0 Å². The SMILES string of the molecule is COc1cccc2cc(C(=O)NCCCCOc3ccc(C)cc3)oc12. The highest BCUT2D eigenvalue weighted by Crippen LogP contribution is 2.28. The van der Waals surface area contributed by atoms with Crippen molar-refractivity contribution in [3.63, 3.8) is 0 Å². The summed E-state index contributed by atoms with van der Waals surface area (Å²) in [6.45, 7) is 3.25. The molecule has 0 radical (unpaired) electrons. The minimum Gasteiger partial charge on any atom is -0.494 e. The Hall–Kier alpha value is -2.95. The Morgan fingerprint density at radius 1 is 1.12 bits per heavy atom. The van der Waals surface area contributed by atoms with Gasteiger partial charge in [-0.15, -0.1) is 0 Å². The van der Waals surface area contributed by atoms with Gasteiger partial charge in [-0.25, -0.2) is 0 Å². The zero-order valence-electron chi connectivity index (χ0n) is 15.1. The molecule has 0 aliphatic carbocycles. The molecule has 1 N–H and O–H groups in total. The molecule has 1 aromatic heterocycles. The smallest absolute Gasteiger partial charge is 0.287 e. The molecule has 0 spiro atoms. The van der Waals surface area contributed by atoms with Crippen molar-refractivity contribution in [1.82, 2.24) is 5.32 Å². The van der Waals surface area contributed by atoms with Crippen molar-refractivity contribution < 1.29 is 18.7 Å². The van der Waals surface area contributed by atoms with Crippen molar-refractivity contribution >= 4 is 16.9 Å². The van der Waals surface area contributed by atoms with Gasteiger partial charge in [0.05, 0.1) is 13.7 Å². The van der Waals surface area contributed by atoms with Crippen LogP contribution in [-0.4, -0.2) is 26.2 Å². The zero-order chi connectivity index (χ0) is 18.4. The Balaban J connectivity index is 1.42. The van der Waals surface area contributed by atoms with Crippen LogP contribution in [0.4, 0.5) is 0 Å². The Morgan fingerprint density at radius 2 is 1.92 bits per heavy atom. The maximum absolute atomic E-state index is 12.2. The maximum atomic E-state index is 12.2. The molecule has 0 bridgehead atoms. The molecule has 0 fully saturated rings. The van der Waals surface area contributed by atoms with E-state index in [0.717, 1.165) is 24.0 Å². The van der Waals surface area contributed by atoms with Crippen molar-refractivity contribution in [2.75, 3.05) is 20.3 Å². The summed E-state index contributed by atoms with van der Waals surface area (Å²) in [5.74, 6) is 1.56. The summed E-state index contributed by atoms with van der Waals surface area (Å²) in [5, 5.41) is 3.72. The fraction of sp³-hybridized carbons (Fsp3) is 0.286. The van der Waals surface area contributed by atoms with E-state index in [0.29, 0.717) is 30.2 Å². The van der Waals surface area contributed by atoms with Crippen LogP contribution in [0, 0.1) is 6.92 Å². The van der Waals surface area contributed by atoms with Gasteiger partial charge >= 0.3 is 0 Å². The van der Waals surface area contributed by atoms with Gasteiger partial charge in [0.25, 0.3) is 5.91 Å². The summed E-state index contributed by atoms with van der Waals surface area (Å²) in [5.41, 5.74) is 1.80. The molecule has 0 saturated heterocycles. The lowest BCUT2D eigenvalue weighted by Gasteiger charge is -2.07. The Labute approximate surface area is 152 Å². The second-order valence-electron chi connectivity index (χ2n) is 6.11. The maximum Gasteiger partial charge on any atom is 0.287 e. The van der Waals surface area contributed by atoms with Crippen LogP contribution in [0.2, 0.25) is 0 Å². The second-order valence-corrected chi connectivity index (χ2v) is 6.11. The number of methoxy groups -OCH3 is 1. The molecule has 1 heterocycles. The molecule has 3 rings (SSSR count). The van der Waals surface area contributed by atoms with Gasteiger partial charge in [0, 0.05) is 11.9 Å². The first-order valence-electron chi connectivity index (χ1n) is 8.71. The predicted molar refractivity (Wildman–Crippen MR) is 101 cm³/mol. The van der Waals surface area contributed by atoms with Crippen LogP contribution in [0.3, 0.4) is 0 Å². The summed E-state index contributed by atoms with van der Waals surface area (Å²) < 4.78 is 16.6. The van der Waals surface area contributed by atoms with Crippen molar-refractivity contribution in [3.8, 4) is 11.5 Å². The molecule has 0 unspecified atom stereocenters. The largest absolute Gasteiger partial charge is 0.494 e. The van der Waals surface area contributed by atoms with Crippen LogP contribution in [0.1, 0.15) is 29.0 Å². The Morgan fingerprint density at radius 3 is 2.69 bits per heavy atom. The van der Waals surface area contributed by atoms with Crippen LogP contribution in [0.15, 0.2) is 52.9 Å². The quantitative estimate of drug-likeness (QED) is 0.612. The average molecular weight is 353 g/mol. The number of unbranched alkanes of at least 4 members (excludes halogenated alkanes) is 1. The number of hydrogen-bond acceptors (Lipinski definition) is 4. The van der Waals surface area contributed by atoms with Gasteiger partial charge in [-0.2, -0.15) is 0 Å². The van der Waals surface area contributed by atoms with Crippen molar-refractivity contribution in [2.24, 2.45) is 0 Å². The third-order valence-electron chi connectivity index (χ3n) is 4.10. The van der Waals surface area contributed by atoms with Gasteiger partial charge in [0.2, 0.25) is 0 Å². The molecule has 5 heteroatoms. The number of furan rings is 1. The Bertz CT molecular complexity index is 867. The number of hydrogen-bond donors (Lipinski definition) is 1. The number of nitrogens with one attached hydrogen (secondary N) is 1. The van der Waals surface area contributed by atoms with E-state index in [4.69, 9.17) is 13.9 Å². The number of ether oxygens (including phenoxy) is 2. The van der Waals surface area contributed by atoms with E-state index in [-0.39, 0.29) is 5.91 Å². The fourth-order valence-corrected chi connectivity index (χ4v) is 2.65. The van der Waals surface area contributed by atoms with E-state index in [1.807, 2.05) is 49.4 Å². The highest BCUT2D eigenvalue weighted by atomic mass is 16.5. The van der Waals surface area contributed by atoms with Crippen LogP contribution in [0.5, 0.6) is 11.5 Å². The van der Waals surface area contributed by atoms with Gasteiger partial charge in [-0.3, -0.25) is 4.79 Å². The van der Waals surface area contributed by atoms with Gasteiger partial charge in [0.15, 0.2) is 17.1 Å². The van der Waals surface area contributed by atoms with Gasteiger partial charge in [-0.1, -0.05) is 29.8 Å². The average Bonchev–Trinajstić information content (AvgIpc) is 3.10. The molecule has 2 aromatic carbocycles. The molecular formula is C21H23NO4. The fourth-order valence-electron chi connectivity index (χ4n) is 2.65. The van der Waals surface area contributed by atoms with E-state index in [1.54, 1.807) is 13.2 Å². The standard InChI is InChI=1S/C21H23NO4/c1-15-8-10-17(11-9-15)25-13-4-3-12-22-21(23)19-14-16-6-5-7-18(24-2)20(16)26-19/h5-11,14H,3-4,12-13H2,1-2H3,(H,22,23). The van der Waals surface area contributed by atoms with Crippen molar-refractivity contribution in [1.29, 1.82) is 0 Å². The lowest BCUT2D eigenvalue weighted by atomic mass is 10.2. The molecule has 26 heavy (non-hydrogen) atoms. The van der Waals surface area contributed by atoms with Crippen LogP contribution >= 0.6 is 0 Å². The lowest BCUT2D eigenvalue weighted by Crippen LogP contribution is -2.24. The van der Waals surface area contributed by atoms with Crippen molar-refractivity contribution in [2.45, 2.75) is 19.8 Å². The topological polar surface area (TPSA) is 60.7 Å². The third-order valence-corrected chi connectivity index (χ3v) is 4.10. The summed E-state index contributed by atoms with van der Waals surface area (Å²) in [4.78, 5) is 12.2. The summed E-state index contributed by atoms with van der Waals surface area (Å²) >= 11 is 0.